The minimum atomic E-state index is 0.293. The number of hydrogen-bond donors (Lipinski definition) is 0. The van der Waals surface area contributed by atoms with Gasteiger partial charge in [-0.2, -0.15) is 11.3 Å². The van der Waals surface area contributed by atoms with Crippen molar-refractivity contribution in [2.75, 3.05) is 0 Å². The molecule has 0 radical (unpaired) electrons. The fourth-order valence-corrected chi connectivity index (χ4v) is 4.73. The van der Waals surface area contributed by atoms with Gasteiger partial charge < -0.3 is 0 Å². The Kier molecular flexibility index (Phi) is 4.99. The summed E-state index contributed by atoms with van der Waals surface area (Å²) in [6.07, 6.45) is 2.34. The lowest BCUT2D eigenvalue weighted by atomic mass is 9.73. The van der Waals surface area contributed by atoms with E-state index in [0.29, 0.717) is 16.7 Å². The first-order valence-corrected chi connectivity index (χ1v) is 9.58. The molecule has 21 heavy (non-hydrogen) atoms. The lowest BCUT2D eigenvalue weighted by Gasteiger charge is -2.31. The van der Waals surface area contributed by atoms with Crippen LogP contribution < -0.4 is 0 Å². The van der Waals surface area contributed by atoms with E-state index in [1.807, 2.05) is 11.3 Å². The predicted molar refractivity (Wildman–Crippen MR) is 97.7 cm³/mol. The van der Waals surface area contributed by atoms with Crippen LogP contribution in [0.4, 0.5) is 0 Å². The summed E-state index contributed by atoms with van der Waals surface area (Å²) in [5, 5.41) is 6.85. The lowest BCUT2D eigenvalue weighted by molar-refractivity contribution is 0.299. The van der Waals surface area contributed by atoms with Gasteiger partial charge in [0.15, 0.2) is 0 Å². The van der Waals surface area contributed by atoms with Crippen molar-refractivity contribution in [2.24, 2.45) is 10.8 Å². The summed E-state index contributed by atoms with van der Waals surface area (Å²) in [6.45, 7) is 14.1. The molecule has 1 atom stereocenters. The molecule has 0 aromatic carbocycles. The monoisotopic (exact) mass is 320 g/mol. The fraction of sp³-hybridized carbons (Fsp3) is 0.579. The van der Waals surface area contributed by atoms with Gasteiger partial charge in [0.25, 0.3) is 0 Å². The van der Waals surface area contributed by atoms with Crippen LogP contribution in [0.2, 0.25) is 0 Å². The molecule has 0 nitrogen and oxygen atoms in total. The van der Waals surface area contributed by atoms with E-state index in [4.69, 9.17) is 0 Å². The maximum Gasteiger partial charge on any atom is 0.00532 e. The average molecular weight is 321 g/mol. The van der Waals surface area contributed by atoms with Crippen LogP contribution in [-0.4, -0.2) is 0 Å². The molecular formula is C19H28S2. The number of thiophene rings is 2. The zero-order chi connectivity index (χ0) is 15.7. The van der Waals surface area contributed by atoms with Gasteiger partial charge in [0.1, 0.15) is 0 Å². The third-order valence-electron chi connectivity index (χ3n) is 4.29. The molecule has 0 aliphatic heterocycles. The van der Waals surface area contributed by atoms with Crippen LogP contribution in [0.3, 0.4) is 0 Å². The third-order valence-corrected chi connectivity index (χ3v) is 5.97. The topological polar surface area (TPSA) is 0 Å². The van der Waals surface area contributed by atoms with Crippen molar-refractivity contribution in [1.82, 2.24) is 0 Å². The Bertz CT molecular complexity index is 553. The van der Waals surface area contributed by atoms with Gasteiger partial charge in [0.2, 0.25) is 0 Å². The molecule has 2 heteroatoms. The van der Waals surface area contributed by atoms with Crippen molar-refractivity contribution in [3.8, 4) is 0 Å². The first-order chi connectivity index (χ1) is 9.67. The smallest absolute Gasteiger partial charge is 0.00532 e. The van der Waals surface area contributed by atoms with Crippen LogP contribution in [0.25, 0.3) is 0 Å². The molecule has 2 aromatic rings. The molecule has 0 bridgehead atoms. The van der Waals surface area contributed by atoms with Crippen molar-refractivity contribution < 1.29 is 0 Å². The maximum absolute atomic E-state index is 2.43. The normalized spacial score (nSPS) is 14.4. The Morgan fingerprint density at radius 1 is 1.05 bits per heavy atom. The third kappa shape index (κ3) is 4.69. The van der Waals surface area contributed by atoms with Crippen molar-refractivity contribution in [1.29, 1.82) is 0 Å². The molecule has 0 saturated heterocycles. The summed E-state index contributed by atoms with van der Waals surface area (Å²) in [6, 6.07) is 4.70. The molecule has 0 spiro atoms. The van der Waals surface area contributed by atoms with Gasteiger partial charge in [-0.1, -0.05) is 41.5 Å². The Morgan fingerprint density at radius 2 is 1.76 bits per heavy atom. The maximum atomic E-state index is 2.43. The van der Waals surface area contributed by atoms with Gasteiger partial charge >= 0.3 is 0 Å². The van der Waals surface area contributed by atoms with E-state index in [-0.39, 0.29) is 0 Å². The van der Waals surface area contributed by atoms with Crippen LogP contribution >= 0.6 is 22.7 Å². The van der Waals surface area contributed by atoms with Crippen LogP contribution in [0.1, 0.15) is 63.5 Å². The number of hydrogen-bond acceptors (Lipinski definition) is 2. The highest BCUT2D eigenvalue weighted by atomic mass is 32.1. The molecule has 1 unspecified atom stereocenters. The fourth-order valence-electron chi connectivity index (χ4n) is 2.79. The molecule has 116 valence electrons. The highest BCUT2D eigenvalue weighted by Crippen LogP contribution is 2.39. The van der Waals surface area contributed by atoms with Crippen LogP contribution in [0.5, 0.6) is 0 Å². The van der Waals surface area contributed by atoms with E-state index in [1.54, 1.807) is 11.3 Å². The van der Waals surface area contributed by atoms with Crippen LogP contribution in [0.15, 0.2) is 28.3 Å². The van der Waals surface area contributed by atoms with Gasteiger partial charge in [0, 0.05) is 4.88 Å². The lowest BCUT2D eigenvalue weighted by Crippen LogP contribution is -2.22. The van der Waals surface area contributed by atoms with Gasteiger partial charge in [-0.15, -0.1) is 11.3 Å². The first-order valence-electron chi connectivity index (χ1n) is 7.76. The first kappa shape index (κ1) is 16.8. The largest absolute Gasteiger partial charge is 0.152 e. The molecule has 0 amide bonds. The van der Waals surface area contributed by atoms with Crippen molar-refractivity contribution in [3.63, 3.8) is 0 Å². The Labute approximate surface area is 138 Å². The van der Waals surface area contributed by atoms with E-state index in [2.05, 4.69) is 69.8 Å². The summed E-state index contributed by atoms with van der Waals surface area (Å²) in [7, 11) is 0. The summed E-state index contributed by atoms with van der Waals surface area (Å²) in [5.41, 5.74) is 3.66. The highest BCUT2D eigenvalue weighted by molar-refractivity contribution is 7.10. The van der Waals surface area contributed by atoms with E-state index < -0.39 is 0 Å². The molecule has 0 aliphatic carbocycles. The Balaban J connectivity index is 2.06. The van der Waals surface area contributed by atoms with E-state index in [1.165, 1.54) is 22.4 Å². The summed E-state index contributed by atoms with van der Waals surface area (Å²) in [5.74, 6) is 0.592. The summed E-state index contributed by atoms with van der Waals surface area (Å²) in [4.78, 5) is 1.52. The van der Waals surface area contributed by atoms with Gasteiger partial charge in [-0.25, -0.2) is 0 Å². The quantitative estimate of drug-likeness (QED) is 0.570. The molecule has 2 rings (SSSR count). The standard InChI is InChI=1S/C19H28S2/c1-14(16-7-8-20-13-16)19(5,6)10-15-9-17(21-12-15)11-18(2,3)4/h7-9,12-14H,10-11H2,1-6H3. The van der Waals surface area contributed by atoms with Gasteiger partial charge in [-0.05, 0) is 69.0 Å². The van der Waals surface area contributed by atoms with Crippen molar-refractivity contribution in [2.45, 2.75) is 60.3 Å². The molecular weight excluding hydrogens is 292 g/mol. The number of rotatable bonds is 5. The highest BCUT2D eigenvalue weighted by Gasteiger charge is 2.28. The van der Waals surface area contributed by atoms with E-state index in [0.717, 1.165) is 6.42 Å². The van der Waals surface area contributed by atoms with E-state index >= 15 is 0 Å². The molecule has 0 N–H and O–H groups in total. The average Bonchev–Trinajstić information content (AvgIpc) is 2.97. The van der Waals surface area contributed by atoms with Crippen LogP contribution in [-0.2, 0) is 12.8 Å². The Morgan fingerprint density at radius 3 is 2.33 bits per heavy atom. The van der Waals surface area contributed by atoms with Gasteiger partial charge in [0.05, 0.1) is 0 Å². The molecule has 0 aliphatic rings. The Hall–Kier alpha value is -0.600. The SMILES string of the molecule is CC(c1ccsc1)C(C)(C)Cc1csc(CC(C)(C)C)c1. The van der Waals surface area contributed by atoms with Crippen molar-refractivity contribution >= 4 is 22.7 Å². The second kappa shape index (κ2) is 6.26. The minimum absolute atomic E-state index is 0.293. The molecule has 2 heterocycles. The molecule has 0 fully saturated rings. The predicted octanol–water partition coefficient (Wildman–Crippen LogP) is 6.77. The summed E-state index contributed by atoms with van der Waals surface area (Å²) >= 11 is 3.73. The van der Waals surface area contributed by atoms with Crippen molar-refractivity contribution in [3.05, 3.63) is 44.3 Å². The minimum Gasteiger partial charge on any atom is -0.152 e. The van der Waals surface area contributed by atoms with Crippen LogP contribution in [0, 0.1) is 10.8 Å². The summed E-state index contributed by atoms with van der Waals surface area (Å²) < 4.78 is 0. The zero-order valence-corrected chi connectivity index (χ0v) is 15.8. The second-order valence-electron chi connectivity index (χ2n) is 8.10. The molecule has 0 saturated carbocycles. The zero-order valence-electron chi connectivity index (χ0n) is 14.2. The van der Waals surface area contributed by atoms with E-state index in [9.17, 15) is 0 Å². The molecule has 2 aromatic heterocycles. The second-order valence-corrected chi connectivity index (χ2v) is 9.88. The van der Waals surface area contributed by atoms with Gasteiger partial charge in [-0.3, -0.25) is 0 Å².